The number of rotatable bonds is 2. The van der Waals surface area contributed by atoms with Crippen molar-refractivity contribution in [2.75, 3.05) is 0 Å². The van der Waals surface area contributed by atoms with Crippen molar-refractivity contribution < 1.29 is 36.9 Å². The van der Waals surface area contributed by atoms with E-state index in [1.165, 1.54) is 0 Å². The lowest BCUT2D eigenvalue weighted by Gasteiger charge is -2.07. The van der Waals surface area contributed by atoms with E-state index in [0.717, 1.165) is 0 Å². The first-order chi connectivity index (χ1) is 6.05. The molecule has 0 atom stereocenters. The van der Waals surface area contributed by atoms with Crippen LogP contribution in [0.5, 0.6) is 0 Å². The van der Waals surface area contributed by atoms with E-state index in [9.17, 15) is 27.2 Å². The molecule has 0 rings (SSSR count). The molecule has 10 heteroatoms. The number of carbonyl (C=O) groups excluding carboxylic acids is 2. The van der Waals surface area contributed by atoms with Gasteiger partial charge >= 0.3 is 22.7 Å². The molecular weight excluding hydrogens is 259 g/mol. The third kappa shape index (κ3) is 4.47. The van der Waals surface area contributed by atoms with Crippen LogP contribution < -0.4 is 0 Å². The van der Waals surface area contributed by atoms with Gasteiger partial charge in [0.25, 0.3) is 0 Å². The molecule has 82 valence electrons. The summed E-state index contributed by atoms with van der Waals surface area (Å²) < 4.78 is 47.0. The van der Waals surface area contributed by atoms with Crippen LogP contribution in [0.3, 0.4) is 0 Å². The largest absolute Gasteiger partial charge is 0.440 e. The van der Waals surface area contributed by atoms with Gasteiger partial charge in [-0.25, -0.2) is 19.4 Å². The second-order valence-corrected chi connectivity index (χ2v) is 2.69. The zero-order chi connectivity index (χ0) is 11.6. The molecule has 4 nitrogen and oxygen atoms in total. The lowest BCUT2D eigenvalue weighted by Crippen LogP contribution is -2.30. The zero-order valence-electron chi connectivity index (χ0n) is 5.90. The Hall–Kier alpha value is -0.760. The molecule has 14 heavy (non-hydrogen) atoms. The predicted molar refractivity (Wildman–Crippen MR) is 33.8 cm³/mol. The smallest absolute Gasteiger partial charge is 0.239 e. The van der Waals surface area contributed by atoms with Crippen molar-refractivity contribution in [3.05, 3.63) is 0 Å². The second kappa shape index (κ2) is 4.18. The lowest BCUT2D eigenvalue weighted by molar-refractivity contribution is -0.277. The molecule has 0 unspecified atom stereocenters. The molecule has 0 aliphatic rings. The molecule has 0 amide bonds. The van der Waals surface area contributed by atoms with Crippen LogP contribution in [0.15, 0.2) is 0 Å². The average Bonchev–Trinajstić information content (AvgIpc) is 1.95. The van der Waals surface area contributed by atoms with Crippen molar-refractivity contribution in [3.8, 4) is 0 Å². The van der Waals surface area contributed by atoms with Gasteiger partial charge in [0.15, 0.2) is 0 Å². The van der Waals surface area contributed by atoms with Crippen LogP contribution in [0, 0.1) is 0 Å². The Bertz CT molecular complexity index is 219. The summed E-state index contributed by atoms with van der Waals surface area (Å²) in [4.78, 5) is 26.0. The maximum absolute atomic E-state index is 11.7. The van der Waals surface area contributed by atoms with E-state index in [2.05, 4.69) is 33.0 Å². The molecule has 0 N–H and O–H groups in total. The van der Waals surface area contributed by atoms with E-state index >= 15 is 0 Å². The first-order valence-corrected chi connectivity index (χ1v) is 3.37. The van der Waals surface area contributed by atoms with Gasteiger partial charge in [0, 0.05) is 0 Å². The number of hydrogen-bond acceptors (Lipinski definition) is 4. The fourth-order valence-corrected chi connectivity index (χ4v) is 0.233. The topological polar surface area (TPSA) is 52.6 Å². The van der Waals surface area contributed by atoms with E-state index in [0.29, 0.717) is 0 Å². The molecule has 0 aromatic rings. The molecule has 0 aromatic heterocycles. The minimum atomic E-state index is -4.48. The van der Waals surface area contributed by atoms with Crippen LogP contribution in [0.25, 0.3) is 0 Å². The van der Waals surface area contributed by atoms with Crippen LogP contribution in [-0.4, -0.2) is 22.7 Å². The molecule has 0 saturated heterocycles. The Morgan fingerprint density at radius 2 is 1.07 bits per heavy atom. The molecule has 0 aromatic carbocycles. The maximum atomic E-state index is 11.7. The normalized spacial score (nSPS) is 12.1. The summed E-state index contributed by atoms with van der Waals surface area (Å²) in [7, 11) is 0. The first kappa shape index (κ1) is 13.2. The van der Waals surface area contributed by atoms with Crippen molar-refractivity contribution in [1.82, 2.24) is 0 Å². The van der Waals surface area contributed by atoms with Crippen LogP contribution in [0.1, 0.15) is 0 Å². The Kier molecular flexibility index (Phi) is 3.95. The molecule has 0 fully saturated rings. The summed E-state index contributed by atoms with van der Waals surface area (Å²) in [5.74, 6) is -5.04. The summed E-state index contributed by atoms with van der Waals surface area (Å²) in [6.07, 6.45) is 0. The van der Waals surface area contributed by atoms with Gasteiger partial charge in [-0.05, 0) is 23.2 Å². The summed E-state index contributed by atoms with van der Waals surface area (Å²) in [6, 6.07) is 0. The highest BCUT2D eigenvalue weighted by atomic mass is 35.5. The van der Waals surface area contributed by atoms with Crippen LogP contribution in [0.4, 0.5) is 17.6 Å². The van der Waals surface area contributed by atoms with Gasteiger partial charge in [-0.15, -0.1) is 0 Å². The van der Waals surface area contributed by atoms with Crippen molar-refractivity contribution in [2.45, 2.75) is 10.8 Å². The van der Waals surface area contributed by atoms with Crippen LogP contribution >= 0.6 is 23.2 Å². The maximum Gasteiger partial charge on any atom is 0.440 e. The van der Waals surface area contributed by atoms with Gasteiger partial charge in [0.2, 0.25) is 0 Å². The van der Waals surface area contributed by atoms with Crippen molar-refractivity contribution in [2.24, 2.45) is 0 Å². The molecule has 0 bridgehead atoms. The van der Waals surface area contributed by atoms with E-state index in [4.69, 9.17) is 0 Å². The zero-order valence-corrected chi connectivity index (χ0v) is 7.41. The van der Waals surface area contributed by atoms with Gasteiger partial charge in [-0.2, -0.15) is 17.6 Å². The summed E-state index contributed by atoms with van der Waals surface area (Å²) in [5, 5.41) is -8.97. The van der Waals surface area contributed by atoms with E-state index in [-0.39, 0.29) is 0 Å². The average molecular weight is 259 g/mol. The van der Waals surface area contributed by atoms with Crippen LogP contribution in [-0.2, 0) is 19.4 Å². The molecule has 0 saturated carbocycles. The van der Waals surface area contributed by atoms with Crippen molar-refractivity contribution >= 4 is 35.1 Å². The lowest BCUT2D eigenvalue weighted by atomic mass is 10.7. The third-order valence-electron chi connectivity index (χ3n) is 0.656. The summed E-state index contributed by atoms with van der Waals surface area (Å²) in [5.41, 5.74) is 0. The number of halogens is 6. The third-order valence-corrected chi connectivity index (χ3v) is 0.965. The molecule has 0 aliphatic carbocycles. The Balaban J connectivity index is 4.10. The van der Waals surface area contributed by atoms with Gasteiger partial charge in [-0.1, -0.05) is 0 Å². The van der Waals surface area contributed by atoms with Gasteiger partial charge in [0.05, 0.1) is 0 Å². The highest BCUT2D eigenvalue weighted by molar-refractivity contribution is 6.32. The Labute approximate surface area is 83.6 Å². The second-order valence-electron chi connectivity index (χ2n) is 1.74. The van der Waals surface area contributed by atoms with E-state index < -0.39 is 22.7 Å². The van der Waals surface area contributed by atoms with Gasteiger partial charge < -0.3 is 0 Å². The molecule has 0 aliphatic heterocycles. The number of alkyl halides is 6. The van der Waals surface area contributed by atoms with Crippen molar-refractivity contribution in [1.29, 1.82) is 0 Å². The Morgan fingerprint density at radius 1 is 0.857 bits per heavy atom. The fraction of sp³-hybridized carbons (Fsp3) is 0.500. The number of hydrogen-bond donors (Lipinski definition) is 0. The molecule has 0 radical (unpaired) electrons. The Morgan fingerprint density at radius 3 is 1.21 bits per heavy atom. The van der Waals surface area contributed by atoms with E-state index in [1.807, 2.05) is 0 Å². The number of carbonyl (C=O) groups is 2. The van der Waals surface area contributed by atoms with Gasteiger partial charge in [0.1, 0.15) is 0 Å². The van der Waals surface area contributed by atoms with E-state index in [1.54, 1.807) is 0 Å². The first-order valence-electron chi connectivity index (χ1n) is 2.62. The minimum Gasteiger partial charge on any atom is -0.239 e. The highest BCUT2D eigenvalue weighted by Crippen LogP contribution is 2.23. The fourth-order valence-electron chi connectivity index (χ4n) is 0.170. The van der Waals surface area contributed by atoms with Crippen molar-refractivity contribution in [3.63, 3.8) is 0 Å². The molecule has 0 heterocycles. The summed E-state index contributed by atoms with van der Waals surface area (Å²) >= 11 is 8.12. The van der Waals surface area contributed by atoms with Crippen LogP contribution in [0.2, 0.25) is 0 Å². The van der Waals surface area contributed by atoms with Gasteiger partial charge in [-0.3, -0.25) is 0 Å². The minimum absolute atomic E-state index is 2.52. The summed E-state index contributed by atoms with van der Waals surface area (Å²) in [6.45, 7) is 0. The monoisotopic (exact) mass is 258 g/mol. The quantitative estimate of drug-likeness (QED) is 0.327. The molecular formula is C4Cl2F4O4. The standard InChI is InChI=1S/C4Cl2F4O4/c5-3(7,8)1(11)13-14-2(12)4(6,9)10. The SMILES string of the molecule is O=C(OOC(=O)C(F)(F)Cl)C(F)(F)Cl. The highest BCUT2D eigenvalue weighted by Gasteiger charge is 2.44. The predicted octanol–water partition coefficient (Wildman–Crippen LogP) is 1.65. The molecule has 0 spiro atoms.